The van der Waals surface area contributed by atoms with Gasteiger partial charge in [-0.2, -0.15) is 8.42 Å². The number of nitro benzene ring substituents is 1. The minimum absolute atomic E-state index is 0. The van der Waals surface area contributed by atoms with Crippen molar-refractivity contribution in [2.75, 3.05) is 14.2 Å². The van der Waals surface area contributed by atoms with E-state index in [4.69, 9.17) is 36.5 Å². The Kier molecular flexibility index (Phi) is 16.3. The van der Waals surface area contributed by atoms with Crippen LogP contribution in [0.1, 0.15) is 53.1 Å². The fraction of sp³-hybridized carbons (Fsp3) is 0.212. The summed E-state index contributed by atoms with van der Waals surface area (Å²) in [6.45, 7) is 3.51. The van der Waals surface area contributed by atoms with Crippen LogP contribution in [0.3, 0.4) is 0 Å². The van der Waals surface area contributed by atoms with Gasteiger partial charge in [0.1, 0.15) is 13.2 Å². The molecule has 0 aliphatic heterocycles. The van der Waals surface area contributed by atoms with Crippen LogP contribution in [-0.2, 0) is 23.6 Å². The van der Waals surface area contributed by atoms with Crippen LogP contribution in [0, 0.1) is 10.1 Å². The number of methoxy groups -OCH3 is 2. The SMILES string of the molecule is C.COc1cc(C(C)=O)c([N+](=O)[O-])cc1OCc1ccccc1.COc1cc(C(C)=O)ccc1OCc1ccccc1.O=S(=O)(O)O. The molecule has 0 unspecified atom stereocenters. The standard InChI is InChI=1S/C16H15NO5.C16H16O3.CH4.H2O4S/c1-11(18)13-8-15(21-2)16(9-14(13)17(19)20)22-10-12-6-4-3-5-7-12;1-12(17)14-8-9-15(16(10-14)18-2)19-11-13-6-4-3-5-7-13;;1-5(2,3)4/h3-9H,10H2,1-2H3;3-10H,11H2,1-2H3;1H4;(H2,1,2,3,4). The van der Waals surface area contributed by atoms with Gasteiger partial charge in [-0.25, -0.2) is 0 Å². The summed E-state index contributed by atoms with van der Waals surface area (Å²) in [5.41, 5.74) is 2.32. The van der Waals surface area contributed by atoms with Gasteiger partial charge in [0.2, 0.25) is 0 Å². The fourth-order valence-corrected chi connectivity index (χ4v) is 3.73. The van der Waals surface area contributed by atoms with Crippen molar-refractivity contribution < 1.29 is 51.0 Å². The molecule has 0 atom stereocenters. The Morgan fingerprint density at radius 2 is 1.15 bits per heavy atom. The Balaban J connectivity index is 0.000000406. The van der Waals surface area contributed by atoms with Gasteiger partial charge in [-0.3, -0.25) is 28.8 Å². The predicted molar refractivity (Wildman–Crippen MR) is 175 cm³/mol. The first-order valence-corrected chi connectivity index (χ1v) is 14.7. The molecule has 0 aliphatic carbocycles. The second-order valence-corrected chi connectivity index (χ2v) is 10.1. The van der Waals surface area contributed by atoms with Crippen molar-refractivity contribution in [3.8, 4) is 23.0 Å². The quantitative estimate of drug-likeness (QED) is 0.0732. The third-order valence-electron chi connectivity index (χ3n) is 5.90. The molecule has 0 fully saturated rings. The highest BCUT2D eigenvalue weighted by molar-refractivity contribution is 7.79. The molecule has 0 spiro atoms. The number of carbonyl (C=O) groups excluding carboxylic acids is 2. The topological polar surface area (TPSA) is 189 Å². The third kappa shape index (κ3) is 14.1. The van der Waals surface area contributed by atoms with Crippen LogP contribution in [0.25, 0.3) is 0 Å². The number of rotatable bonds is 11. The highest BCUT2D eigenvalue weighted by Crippen LogP contribution is 2.35. The van der Waals surface area contributed by atoms with Crippen LogP contribution in [0.4, 0.5) is 5.69 Å². The van der Waals surface area contributed by atoms with Crippen molar-refractivity contribution in [3.63, 3.8) is 0 Å². The first-order valence-electron chi connectivity index (χ1n) is 13.3. The van der Waals surface area contributed by atoms with Crippen molar-refractivity contribution in [1.82, 2.24) is 0 Å². The number of benzene rings is 4. The maximum Gasteiger partial charge on any atom is 0.394 e. The molecule has 0 heterocycles. The highest BCUT2D eigenvalue weighted by Gasteiger charge is 2.22. The van der Waals surface area contributed by atoms with Gasteiger partial charge < -0.3 is 18.9 Å². The van der Waals surface area contributed by atoms with E-state index >= 15 is 0 Å². The molecule has 0 amide bonds. The Hall–Kier alpha value is -5.31. The van der Waals surface area contributed by atoms with Crippen LogP contribution in [0.2, 0.25) is 0 Å². The van der Waals surface area contributed by atoms with E-state index in [0.717, 1.165) is 11.1 Å². The van der Waals surface area contributed by atoms with Crippen molar-refractivity contribution in [1.29, 1.82) is 0 Å². The lowest BCUT2D eigenvalue weighted by Crippen LogP contribution is -2.04. The fourth-order valence-electron chi connectivity index (χ4n) is 3.73. The number of hydrogen-bond acceptors (Lipinski definition) is 10. The minimum Gasteiger partial charge on any atom is -0.493 e. The summed E-state index contributed by atoms with van der Waals surface area (Å²) in [5.74, 6) is 1.32. The van der Waals surface area contributed by atoms with Gasteiger partial charge in [0, 0.05) is 11.6 Å². The molecule has 4 aromatic carbocycles. The number of ether oxygens (including phenoxy) is 4. The molecule has 0 aliphatic rings. The number of nitro groups is 1. The molecule has 13 nitrogen and oxygen atoms in total. The molecular formula is C33H37NO12S. The number of nitrogens with zero attached hydrogens (tertiary/aromatic N) is 1. The Morgan fingerprint density at radius 1 is 0.702 bits per heavy atom. The summed E-state index contributed by atoms with van der Waals surface area (Å²) in [6, 6.07) is 27.0. The van der Waals surface area contributed by atoms with E-state index in [2.05, 4.69) is 0 Å². The van der Waals surface area contributed by atoms with E-state index in [1.165, 1.54) is 33.1 Å². The summed E-state index contributed by atoms with van der Waals surface area (Å²) >= 11 is 0. The zero-order valence-electron chi connectivity index (χ0n) is 25.4. The molecule has 0 saturated carbocycles. The van der Waals surface area contributed by atoms with Crippen LogP contribution in [0.5, 0.6) is 23.0 Å². The Morgan fingerprint density at radius 3 is 1.55 bits per heavy atom. The predicted octanol–water partition coefficient (Wildman–Crippen LogP) is 6.85. The largest absolute Gasteiger partial charge is 0.493 e. The lowest BCUT2D eigenvalue weighted by Gasteiger charge is -2.12. The van der Waals surface area contributed by atoms with Gasteiger partial charge in [-0.05, 0) is 43.2 Å². The summed E-state index contributed by atoms with van der Waals surface area (Å²) < 4.78 is 53.3. The highest BCUT2D eigenvalue weighted by atomic mass is 32.3. The van der Waals surface area contributed by atoms with Crippen molar-refractivity contribution in [2.45, 2.75) is 34.5 Å². The normalized spacial score (nSPS) is 10.0. The van der Waals surface area contributed by atoms with Gasteiger partial charge in [0.05, 0.1) is 30.8 Å². The molecule has 0 radical (unpaired) electrons. The molecule has 14 heteroatoms. The Bertz CT molecular complexity index is 1720. The Labute approximate surface area is 273 Å². The zero-order chi connectivity index (χ0) is 34.3. The average Bonchev–Trinajstić information content (AvgIpc) is 3.02. The monoisotopic (exact) mass is 671 g/mol. The lowest BCUT2D eigenvalue weighted by molar-refractivity contribution is -0.385. The third-order valence-corrected chi connectivity index (χ3v) is 5.90. The molecular weight excluding hydrogens is 634 g/mol. The lowest BCUT2D eigenvalue weighted by atomic mass is 10.1. The van der Waals surface area contributed by atoms with E-state index in [0.29, 0.717) is 23.7 Å². The van der Waals surface area contributed by atoms with E-state index < -0.39 is 21.1 Å². The molecule has 0 bridgehead atoms. The van der Waals surface area contributed by atoms with Gasteiger partial charge in [-0.1, -0.05) is 68.1 Å². The minimum atomic E-state index is -4.67. The van der Waals surface area contributed by atoms with Crippen molar-refractivity contribution >= 4 is 27.7 Å². The first-order chi connectivity index (χ1) is 21.7. The first kappa shape index (κ1) is 39.7. The van der Waals surface area contributed by atoms with Crippen molar-refractivity contribution in [3.05, 3.63) is 123 Å². The summed E-state index contributed by atoms with van der Waals surface area (Å²) in [6.07, 6.45) is 0. The number of Topliss-reactive ketones (excluding diaryl/α,β-unsaturated/α-hetero) is 2. The molecule has 4 rings (SSSR count). The van der Waals surface area contributed by atoms with Crippen LogP contribution < -0.4 is 18.9 Å². The molecule has 252 valence electrons. The molecule has 47 heavy (non-hydrogen) atoms. The second kappa shape index (κ2) is 19.3. The van der Waals surface area contributed by atoms with Crippen molar-refractivity contribution in [2.24, 2.45) is 0 Å². The smallest absolute Gasteiger partial charge is 0.394 e. The van der Waals surface area contributed by atoms with E-state index in [1.807, 2.05) is 60.7 Å². The van der Waals surface area contributed by atoms with E-state index in [1.54, 1.807) is 25.3 Å². The van der Waals surface area contributed by atoms with Gasteiger partial charge >= 0.3 is 10.4 Å². The zero-order valence-corrected chi connectivity index (χ0v) is 26.2. The van der Waals surface area contributed by atoms with Gasteiger partial charge in [0.15, 0.2) is 34.6 Å². The molecule has 0 saturated heterocycles. The van der Waals surface area contributed by atoms with Gasteiger partial charge in [0.25, 0.3) is 5.69 Å². The number of carbonyl (C=O) groups is 2. The summed E-state index contributed by atoms with van der Waals surface area (Å²) in [7, 11) is -1.69. The average molecular weight is 672 g/mol. The molecule has 2 N–H and O–H groups in total. The summed E-state index contributed by atoms with van der Waals surface area (Å²) in [5, 5.41) is 11.1. The van der Waals surface area contributed by atoms with Gasteiger partial charge in [-0.15, -0.1) is 0 Å². The molecule has 4 aromatic rings. The maximum atomic E-state index is 11.5. The second-order valence-electron chi connectivity index (χ2n) is 9.25. The number of hydrogen-bond donors (Lipinski definition) is 2. The number of ketones is 2. The van der Waals surface area contributed by atoms with Crippen LogP contribution >= 0.6 is 0 Å². The van der Waals surface area contributed by atoms with E-state index in [9.17, 15) is 19.7 Å². The summed E-state index contributed by atoms with van der Waals surface area (Å²) in [4.78, 5) is 33.3. The maximum absolute atomic E-state index is 11.5. The van der Waals surface area contributed by atoms with Crippen LogP contribution in [-0.4, -0.2) is 48.2 Å². The van der Waals surface area contributed by atoms with Crippen LogP contribution in [0.15, 0.2) is 91.0 Å². The molecule has 0 aromatic heterocycles. The van der Waals surface area contributed by atoms with E-state index in [-0.39, 0.29) is 42.6 Å².